The number of nitrogens with two attached hydrogens (primary N) is 1. The molecule has 0 radical (unpaired) electrons. The number of likely N-dealkylation sites (N-methyl/N-ethyl adjacent to an activating group) is 1. The quantitative estimate of drug-likeness (QED) is 0.849. The summed E-state index contributed by atoms with van der Waals surface area (Å²) in [5, 5.41) is 0. The van der Waals surface area contributed by atoms with E-state index >= 15 is 0 Å². The van der Waals surface area contributed by atoms with Crippen LogP contribution in [0.5, 0.6) is 0 Å². The molecule has 1 aromatic carbocycles. The maximum atomic E-state index is 5.69. The van der Waals surface area contributed by atoms with E-state index < -0.39 is 0 Å². The summed E-state index contributed by atoms with van der Waals surface area (Å²) in [6, 6.07) is 11.5. The van der Waals surface area contributed by atoms with Gasteiger partial charge in [0, 0.05) is 25.7 Å². The van der Waals surface area contributed by atoms with E-state index in [1.807, 2.05) is 0 Å². The molecule has 2 N–H and O–H groups in total. The second-order valence-electron chi connectivity index (χ2n) is 5.41. The van der Waals surface area contributed by atoms with Crippen LogP contribution in [0.1, 0.15) is 25.3 Å². The molecule has 1 aromatic rings. The van der Waals surface area contributed by atoms with Crippen molar-refractivity contribution in [3.05, 3.63) is 35.9 Å². The van der Waals surface area contributed by atoms with Crippen LogP contribution in [0.15, 0.2) is 30.3 Å². The zero-order valence-electron chi connectivity index (χ0n) is 12.1. The standard InChI is InChI=1S/C16H27N3/c1-2-19(13-10-17)16-8-11-18(12-9-16)14-15-6-4-3-5-7-15/h3-7,16H,2,8-14,17H2,1H3. The lowest BCUT2D eigenvalue weighted by Crippen LogP contribution is -2.46. The first-order valence-corrected chi connectivity index (χ1v) is 7.54. The van der Waals surface area contributed by atoms with Gasteiger partial charge in [-0.15, -0.1) is 0 Å². The minimum Gasteiger partial charge on any atom is -0.329 e. The molecular weight excluding hydrogens is 234 g/mol. The molecule has 0 aliphatic carbocycles. The highest BCUT2D eigenvalue weighted by Crippen LogP contribution is 2.18. The van der Waals surface area contributed by atoms with E-state index in [-0.39, 0.29) is 0 Å². The molecule has 2 rings (SSSR count). The Morgan fingerprint density at radius 3 is 2.47 bits per heavy atom. The van der Waals surface area contributed by atoms with Crippen molar-refractivity contribution >= 4 is 0 Å². The van der Waals surface area contributed by atoms with Gasteiger partial charge in [0.05, 0.1) is 0 Å². The molecule has 19 heavy (non-hydrogen) atoms. The Morgan fingerprint density at radius 1 is 1.21 bits per heavy atom. The summed E-state index contributed by atoms with van der Waals surface area (Å²) in [7, 11) is 0. The molecule has 1 aliphatic rings. The smallest absolute Gasteiger partial charge is 0.0233 e. The number of piperidine rings is 1. The topological polar surface area (TPSA) is 32.5 Å². The molecule has 1 heterocycles. The van der Waals surface area contributed by atoms with Crippen molar-refractivity contribution in [1.82, 2.24) is 9.80 Å². The third kappa shape index (κ3) is 4.30. The lowest BCUT2D eigenvalue weighted by Gasteiger charge is -2.38. The fourth-order valence-corrected chi connectivity index (χ4v) is 3.05. The predicted molar refractivity (Wildman–Crippen MR) is 81.0 cm³/mol. The first-order valence-electron chi connectivity index (χ1n) is 7.54. The van der Waals surface area contributed by atoms with Gasteiger partial charge in [0.1, 0.15) is 0 Å². The molecule has 1 saturated heterocycles. The number of hydrogen-bond acceptors (Lipinski definition) is 3. The van der Waals surface area contributed by atoms with E-state index in [2.05, 4.69) is 47.1 Å². The number of nitrogens with zero attached hydrogens (tertiary/aromatic N) is 2. The third-order valence-electron chi connectivity index (χ3n) is 4.14. The van der Waals surface area contributed by atoms with Crippen LogP contribution in [0, 0.1) is 0 Å². The Labute approximate surface area is 117 Å². The summed E-state index contributed by atoms with van der Waals surface area (Å²) in [5.74, 6) is 0. The Hall–Kier alpha value is -0.900. The normalized spacial score (nSPS) is 18.1. The van der Waals surface area contributed by atoms with Gasteiger partial charge in [-0.05, 0) is 38.0 Å². The second-order valence-corrected chi connectivity index (χ2v) is 5.41. The van der Waals surface area contributed by atoms with E-state index in [9.17, 15) is 0 Å². The van der Waals surface area contributed by atoms with E-state index in [0.717, 1.165) is 32.2 Å². The van der Waals surface area contributed by atoms with Crippen LogP contribution < -0.4 is 5.73 Å². The van der Waals surface area contributed by atoms with Crippen molar-refractivity contribution < 1.29 is 0 Å². The highest BCUT2D eigenvalue weighted by Gasteiger charge is 2.23. The molecule has 0 amide bonds. The van der Waals surface area contributed by atoms with E-state index in [1.165, 1.54) is 31.5 Å². The molecule has 0 bridgehead atoms. The molecule has 0 unspecified atom stereocenters. The summed E-state index contributed by atoms with van der Waals surface area (Å²) in [6.07, 6.45) is 2.56. The maximum absolute atomic E-state index is 5.69. The van der Waals surface area contributed by atoms with Crippen LogP contribution in [0.25, 0.3) is 0 Å². The SMILES string of the molecule is CCN(CCN)C1CCN(Cc2ccccc2)CC1. The number of likely N-dealkylation sites (tertiary alicyclic amines) is 1. The van der Waals surface area contributed by atoms with E-state index in [0.29, 0.717) is 0 Å². The average molecular weight is 261 g/mol. The van der Waals surface area contributed by atoms with Crippen molar-refractivity contribution in [3.63, 3.8) is 0 Å². The molecule has 0 saturated carbocycles. The Bertz CT molecular complexity index is 344. The monoisotopic (exact) mass is 261 g/mol. The Morgan fingerprint density at radius 2 is 1.89 bits per heavy atom. The zero-order valence-corrected chi connectivity index (χ0v) is 12.1. The van der Waals surface area contributed by atoms with Gasteiger partial charge in [-0.25, -0.2) is 0 Å². The van der Waals surface area contributed by atoms with Crippen LogP contribution in [0.3, 0.4) is 0 Å². The lowest BCUT2D eigenvalue weighted by atomic mass is 10.0. The van der Waals surface area contributed by atoms with Crippen LogP contribution in [0.4, 0.5) is 0 Å². The molecule has 0 atom stereocenters. The summed E-state index contributed by atoms with van der Waals surface area (Å²) < 4.78 is 0. The van der Waals surface area contributed by atoms with Crippen molar-refractivity contribution in [1.29, 1.82) is 0 Å². The van der Waals surface area contributed by atoms with Crippen LogP contribution in [-0.2, 0) is 6.54 Å². The third-order valence-corrected chi connectivity index (χ3v) is 4.14. The van der Waals surface area contributed by atoms with Gasteiger partial charge in [-0.1, -0.05) is 37.3 Å². The van der Waals surface area contributed by atoms with Crippen LogP contribution >= 0.6 is 0 Å². The van der Waals surface area contributed by atoms with Gasteiger partial charge < -0.3 is 5.73 Å². The maximum Gasteiger partial charge on any atom is 0.0233 e. The minimum atomic E-state index is 0.737. The summed E-state index contributed by atoms with van der Waals surface area (Å²) in [5.41, 5.74) is 7.12. The van der Waals surface area contributed by atoms with Crippen molar-refractivity contribution in [2.45, 2.75) is 32.4 Å². The van der Waals surface area contributed by atoms with E-state index in [1.54, 1.807) is 0 Å². The molecule has 0 aromatic heterocycles. The Balaban J connectivity index is 1.79. The first-order chi connectivity index (χ1) is 9.33. The molecule has 0 spiro atoms. The van der Waals surface area contributed by atoms with Crippen molar-refractivity contribution in [3.8, 4) is 0 Å². The predicted octanol–water partition coefficient (Wildman–Crippen LogP) is 1.93. The fraction of sp³-hybridized carbons (Fsp3) is 0.625. The molecular formula is C16H27N3. The lowest BCUT2D eigenvalue weighted by molar-refractivity contribution is 0.111. The molecule has 1 fully saturated rings. The van der Waals surface area contributed by atoms with Crippen molar-refractivity contribution in [2.24, 2.45) is 5.73 Å². The number of hydrogen-bond donors (Lipinski definition) is 1. The zero-order chi connectivity index (χ0) is 13.5. The van der Waals surface area contributed by atoms with Gasteiger partial charge in [0.25, 0.3) is 0 Å². The highest BCUT2D eigenvalue weighted by molar-refractivity contribution is 5.14. The summed E-state index contributed by atoms with van der Waals surface area (Å²) >= 11 is 0. The number of rotatable bonds is 6. The molecule has 3 heteroatoms. The Kier molecular flexibility index (Phi) is 5.83. The molecule has 1 aliphatic heterocycles. The van der Waals surface area contributed by atoms with Crippen LogP contribution in [-0.4, -0.2) is 48.6 Å². The molecule has 3 nitrogen and oxygen atoms in total. The fourth-order valence-electron chi connectivity index (χ4n) is 3.05. The minimum absolute atomic E-state index is 0.737. The van der Waals surface area contributed by atoms with Gasteiger partial charge in [-0.2, -0.15) is 0 Å². The molecule has 106 valence electrons. The largest absolute Gasteiger partial charge is 0.329 e. The van der Waals surface area contributed by atoms with Gasteiger partial charge in [-0.3, -0.25) is 9.80 Å². The first kappa shape index (κ1) is 14.5. The second kappa shape index (κ2) is 7.63. The van der Waals surface area contributed by atoms with E-state index in [4.69, 9.17) is 5.73 Å². The highest BCUT2D eigenvalue weighted by atomic mass is 15.2. The van der Waals surface area contributed by atoms with Crippen LogP contribution in [0.2, 0.25) is 0 Å². The number of benzene rings is 1. The van der Waals surface area contributed by atoms with Gasteiger partial charge in [0.2, 0.25) is 0 Å². The van der Waals surface area contributed by atoms with Gasteiger partial charge >= 0.3 is 0 Å². The summed E-state index contributed by atoms with van der Waals surface area (Å²) in [4.78, 5) is 5.11. The van der Waals surface area contributed by atoms with Gasteiger partial charge in [0.15, 0.2) is 0 Å². The summed E-state index contributed by atoms with van der Waals surface area (Å²) in [6.45, 7) is 8.70. The average Bonchev–Trinajstić information content (AvgIpc) is 2.47. The van der Waals surface area contributed by atoms with Crippen molar-refractivity contribution in [2.75, 3.05) is 32.7 Å².